The minimum Gasteiger partial charge on any atom is -0.375 e. The standard InChI is InChI=1S/C11H15ClN2O/c12-11-6-5-10(13-14-11)8-15-7-9-3-1-2-4-9/h5-6,9H,1-4,7-8H2. The first kappa shape index (κ1) is 10.8. The van der Waals surface area contributed by atoms with Crippen molar-refractivity contribution in [3.05, 3.63) is 23.0 Å². The van der Waals surface area contributed by atoms with Crippen LogP contribution in [0, 0.1) is 5.92 Å². The summed E-state index contributed by atoms with van der Waals surface area (Å²) in [5.41, 5.74) is 0.845. The van der Waals surface area contributed by atoms with Crippen molar-refractivity contribution in [1.82, 2.24) is 10.2 Å². The predicted molar refractivity (Wildman–Crippen MR) is 58.7 cm³/mol. The first-order valence-electron chi connectivity index (χ1n) is 5.40. The first-order valence-corrected chi connectivity index (χ1v) is 5.78. The normalized spacial score (nSPS) is 17.1. The van der Waals surface area contributed by atoms with Gasteiger partial charge in [0.2, 0.25) is 0 Å². The molecule has 1 saturated carbocycles. The van der Waals surface area contributed by atoms with Crippen molar-refractivity contribution < 1.29 is 4.74 Å². The SMILES string of the molecule is Clc1ccc(COCC2CCCC2)nn1. The van der Waals surface area contributed by atoms with Crippen LogP contribution in [-0.2, 0) is 11.3 Å². The summed E-state index contributed by atoms with van der Waals surface area (Å²) >= 11 is 5.63. The van der Waals surface area contributed by atoms with Gasteiger partial charge in [0.05, 0.1) is 12.3 Å². The van der Waals surface area contributed by atoms with E-state index >= 15 is 0 Å². The smallest absolute Gasteiger partial charge is 0.151 e. The molecule has 0 atom stereocenters. The van der Waals surface area contributed by atoms with E-state index in [4.69, 9.17) is 16.3 Å². The Morgan fingerprint density at radius 3 is 2.73 bits per heavy atom. The molecule has 1 fully saturated rings. The largest absolute Gasteiger partial charge is 0.375 e. The molecule has 4 heteroatoms. The van der Waals surface area contributed by atoms with Crippen LogP contribution in [0.3, 0.4) is 0 Å². The Bertz CT molecular complexity index is 296. The van der Waals surface area contributed by atoms with Crippen molar-refractivity contribution in [2.75, 3.05) is 6.61 Å². The molecule has 1 aromatic heterocycles. The number of hydrogen-bond acceptors (Lipinski definition) is 3. The fourth-order valence-corrected chi connectivity index (χ4v) is 2.03. The highest BCUT2D eigenvalue weighted by atomic mass is 35.5. The lowest BCUT2D eigenvalue weighted by Crippen LogP contribution is -2.06. The van der Waals surface area contributed by atoms with Crippen LogP contribution < -0.4 is 0 Å². The lowest BCUT2D eigenvalue weighted by atomic mass is 10.1. The van der Waals surface area contributed by atoms with Gasteiger partial charge in [-0.1, -0.05) is 24.4 Å². The van der Waals surface area contributed by atoms with E-state index < -0.39 is 0 Å². The third kappa shape index (κ3) is 3.43. The van der Waals surface area contributed by atoms with Gasteiger partial charge in [0.1, 0.15) is 0 Å². The molecule has 0 radical (unpaired) electrons. The van der Waals surface area contributed by atoms with E-state index in [1.165, 1.54) is 25.7 Å². The fraction of sp³-hybridized carbons (Fsp3) is 0.636. The van der Waals surface area contributed by atoms with Crippen LogP contribution in [0.2, 0.25) is 5.15 Å². The van der Waals surface area contributed by atoms with E-state index in [2.05, 4.69) is 10.2 Å². The van der Waals surface area contributed by atoms with Crippen molar-refractivity contribution >= 4 is 11.6 Å². The molecule has 0 unspecified atom stereocenters. The third-order valence-corrected chi connectivity index (χ3v) is 2.97. The second-order valence-corrected chi connectivity index (χ2v) is 4.40. The quantitative estimate of drug-likeness (QED) is 0.792. The summed E-state index contributed by atoms with van der Waals surface area (Å²) < 4.78 is 5.60. The Morgan fingerprint density at radius 2 is 2.07 bits per heavy atom. The van der Waals surface area contributed by atoms with Gasteiger partial charge in [-0.05, 0) is 30.9 Å². The van der Waals surface area contributed by atoms with Gasteiger partial charge in [-0.15, -0.1) is 5.10 Å². The van der Waals surface area contributed by atoms with Gasteiger partial charge in [0, 0.05) is 6.61 Å². The molecule has 1 aliphatic carbocycles. The van der Waals surface area contributed by atoms with Gasteiger partial charge in [-0.3, -0.25) is 0 Å². The second-order valence-electron chi connectivity index (χ2n) is 4.01. The zero-order valence-corrected chi connectivity index (χ0v) is 9.41. The molecule has 0 saturated heterocycles. The molecule has 3 nitrogen and oxygen atoms in total. The number of aromatic nitrogens is 2. The highest BCUT2D eigenvalue weighted by Crippen LogP contribution is 2.24. The maximum Gasteiger partial charge on any atom is 0.151 e. The number of rotatable bonds is 4. The number of nitrogens with zero attached hydrogens (tertiary/aromatic N) is 2. The van der Waals surface area contributed by atoms with E-state index in [0.717, 1.165) is 18.2 Å². The van der Waals surface area contributed by atoms with Crippen molar-refractivity contribution in [2.24, 2.45) is 5.92 Å². The molecule has 1 aromatic rings. The highest BCUT2D eigenvalue weighted by Gasteiger charge is 2.14. The predicted octanol–water partition coefficient (Wildman–Crippen LogP) is 2.84. The molecule has 1 heterocycles. The molecule has 1 aliphatic rings. The van der Waals surface area contributed by atoms with Gasteiger partial charge >= 0.3 is 0 Å². The molecule has 0 aliphatic heterocycles. The van der Waals surface area contributed by atoms with Crippen LogP contribution in [0.5, 0.6) is 0 Å². The van der Waals surface area contributed by atoms with Crippen molar-refractivity contribution in [3.8, 4) is 0 Å². The topological polar surface area (TPSA) is 35.0 Å². The van der Waals surface area contributed by atoms with Crippen LogP contribution in [0.4, 0.5) is 0 Å². The molecule has 2 rings (SSSR count). The number of ether oxygens (including phenoxy) is 1. The van der Waals surface area contributed by atoms with E-state index in [1.54, 1.807) is 6.07 Å². The summed E-state index contributed by atoms with van der Waals surface area (Å²) in [6.07, 6.45) is 5.34. The van der Waals surface area contributed by atoms with Gasteiger partial charge in [-0.2, -0.15) is 5.10 Å². The average Bonchev–Trinajstić information content (AvgIpc) is 2.74. The average molecular weight is 227 g/mol. The Balaban J connectivity index is 1.71. The zero-order valence-electron chi connectivity index (χ0n) is 8.66. The zero-order chi connectivity index (χ0) is 10.5. The first-order chi connectivity index (χ1) is 7.34. The second kappa shape index (κ2) is 5.42. The number of halogens is 1. The van der Waals surface area contributed by atoms with E-state index in [-0.39, 0.29) is 0 Å². The van der Waals surface area contributed by atoms with Gasteiger partial charge in [0.25, 0.3) is 0 Å². The summed E-state index contributed by atoms with van der Waals surface area (Å²) in [4.78, 5) is 0. The Hall–Kier alpha value is -0.670. The molecule has 0 N–H and O–H groups in total. The van der Waals surface area contributed by atoms with Crippen LogP contribution >= 0.6 is 11.6 Å². The van der Waals surface area contributed by atoms with Crippen LogP contribution in [0.25, 0.3) is 0 Å². The minimum absolute atomic E-state index is 0.426. The van der Waals surface area contributed by atoms with Gasteiger partial charge in [0.15, 0.2) is 5.15 Å². The van der Waals surface area contributed by atoms with Crippen LogP contribution in [-0.4, -0.2) is 16.8 Å². The maximum atomic E-state index is 5.63. The van der Waals surface area contributed by atoms with Crippen molar-refractivity contribution in [3.63, 3.8) is 0 Å². The van der Waals surface area contributed by atoms with E-state index in [1.807, 2.05) is 6.07 Å². The van der Waals surface area contributed by atoms with Crippen molar-refractivity contribution in [1.29, 1.82) is 0 Å². The Kier molecular flexibility index (Phi) is 3.92. The van der Waals surface area contributed by atoms with Crippen LogP contribution in [0.1, 0.15) is 31.4 Å². The summed E-state index contributed by atoms with van der Waals surface area (Å²) in [5.74, 6) is 0.755. The monoisotopic (exact) mass is 226 g/mol. The lowest BCUT2D eigenvalue weighted by Gasteiger charge is -2.08. The summed E-state index contributed by atoms with van der Waals surface area (Å²) in [6.45, 7) is 1.39. The molecule has 0 bridgehead atoms. The summed E-state index contributed by atoms with van der Waals surface area (Å²) in [6, 6.07) is 3.59. The van der Waals surface area contributed by atoms with Crippen LogP contribution in [0.15, 0.2) is 12.1 Å². The van der Waals surface area contributed by atoms with Crippen molar-refractivity contribution in [2.45, 2.75) is 32.3 Å². The van der Waals surface area contributed by atoms with E-state index in [0.29, 0.717) is 11.8 Å². The molecule has 82 valence electrons. The maximum absolute atomic E-state index is 5.63. The fourth-order valence-electron chi connectivity index (χ4n) is 1.93. The molecular weight excluding hydrogens is 212 g/mol. The van der Waals surface area contributed by atoms with Gasteiger partial charge in [-0.25, -0.2) is 0 Å². The number of hydrogen-bond donors (Lipinski definition) is 0. The molecule has 0 spiro atoms. The highest BCUT2D eigenvalue weighted by molar-refractivity contribution is 6.29. The Labute approximate surface area is 94.8 Å². The molecule has 15 heavy (non-hydrogen) atoms. The van der Waals surface area contributed by atoms with Gasteiger partial charge < -0.3 is 4.74 Å². The molecular formula is C11H15ClN2O. The molecule has 0 amide bonds. The summed E-state index contributed by atoms with van der Waals surface area (Å²) in [7, 11) is 0. The minimum atomic E-state index is 0.426. The Morgan fingerprint density at radius 1 is 1.27 bits per heavy atom. The lowest BCUT2D eigenvalue weighted by molar-refractivity contribution is 0.0862. The third-order valence-electron chi connectivity index (χ3n) is 2.77. The summed E-state index contributed by atoms with van der Waals surface area (Å²) in [5, 5.41) is 8.13. The molecule has 0 aromatic carbocycles. The van der Waals surface area contributed by atoms with E-state index in [9.17, 15) is 0 Å².